The largest absolute Gasteiger partial charge is 0.361 e. The highest BCUT2D eigenvalue weighted by Crippen LogP contribution is 2.29. The van der Waals surface area contributed by atoms with E-state index in [1.807, 2.05) is 32.2 Å². The zero-order valence-electron chi connectivity index (χ0n) is 17.7. The molecule has 0 saturated carbocycles. The quantitative estimate of drug-likeness (QED) is 0.645. The summed E-state index contributed by atoms with van der Waals surface area (Å²) in [6, 6.07) is 12.9. The van der Waals surface area contributed by atoms with Gasteiger partial charge in [0.2, 0.25) is 5.91 Å². The summed E-state index contributed by atoms with van der Waals surface area (Å²) in [6.07, 6.45) is 4.87. The maximum Gasteiger partial charge on any atom is 0.251 e. The van der Waals surface area contributed by atoms with Crippen molar-refractivity contribution in [1.29, 1.82) is 0 Å². The van der Waals surface area contributed by atoms with Crippen LogP contribution in [0.2, 0.25) is 0 Å². The molecular weight excluding hydrogens is 393 g/mol. The van der Waals surface area contributed by atoms with Gasteiger partial charge in [-0.2, -0.15) is 0 Å². The summed E-state index contributed by atoms with van der Waals surface area (Å²) >= 11 is 0. The van der Waals surface area contributed by atoms with Gasteiger partial charge < -0.3 is 15.2 Å². The monoisotopic (exact) mass is 419 g/mol. The van der Waals surface area contributed by atoms with Crippen molar-refractivity contribution in [3.8, 4) is 0 Å². The van der Waals surface area contributed by atoms with E-state index in [0.29, 0.717) is 18.7 Å². The van der Waals surface area contributed by atoms with Crippen LogP contribution >= 0.6 is 0 Å². The highest BCUT2D eigenvalue weighted by atomic mass is 19.1. The number of aromatic amines is 1. The van der Waals surface area contributed by atoms with Crippen LogP contribution in [0.25, 0.3) is 16.5 Å². The maximum absolute atomic E-state index is 13.2. The molecule has 2 N–H and O–H groups in total. The van der Waals surface area contributed by atoms with Crippen molar-refractivity contribution in [3.63, 3.8) is 0 Å². The number of H-pyrrole nitrogens is 1. The van der Waals surface area contributed by atoms with Crippen LogP contribution < -0.4 is 5.32 Å². The number of aromatic nitrogens is 1. The average Bonchev–Trinajstić information content (AvgIpc) is 3.21. The number of benzene rings is 2. The SMILES string of the molecule is CC(C)[C@@H](NC(=O)c1ccc(F)cc1)C(=O)N1CC=C(c2c[nH]c3ccccc23)CC1. The van der Waals surface area contributed by atoms with E-state index in [1.54, 1.807) is 4.90 Å². The Morgan fingerprint density at radius 3 is 2.52 bits per heavy atom. The van der Waals surface area contributed by atoms with E-state index in [0.717, 1.165) is 11.9 Å². The van der Waals surface area contributed by atoms with Gasteiger partial charge in [0, 0.05) is 41.3 Å². The molecule has 4 rings (SSSR count). The topological polar surface area (TPSA) is 65.2 Å². The predicted molar refractivity (Wildman–Crippen MR) is 120 cm³/mol. The fraction of sp³-hybridized carbons (Fsp3) is 0.280. The summed E-state index contributed by atoms with van der Waals surface area (Å²) in [4.78, 5) is 30.8. The standard InChI is InChI=1S/C25H26FN3O2/c1-16(2)23(28-24(30)18-7-9-19(26)10-8-18)25(31)29-13-11-17(12-14-29)21-15-27-22-6-4-3-5-20(21)22/h3-11,15-16,23,27H,12-14H2,1-2H3,(H,28,30)/t23-/m1/s1. The Balaban J connectivity index is 1.46. The Morgan fingerprint density at radius 2 is 1.84 bits per heavy atom. The average molecular weight is 420 g/mol. The molecule has 5 nitrogen and oxygen atoms in total. The molecule has 31 heavy (non-hydrogen) atoms. The molecule has 3 aromatic rings. The second-order valence-electron chi connectivity index (χ2n) is 8.21. The van der Waals surface area contributed by atoms with E-state index in [4.69, 9.17) is 0 Å². The zero-order chi connectivity index (χ0) is 22.0. The van der Waals surface area contributed by atoms with E-state index in [2.05, 4.69) is 28.5 Å². The third-order valence-corrected chi connectivity index (χ3v) is 5.78. The van der Waals surface area contributed by atoms with Gasteiger partial charge in [0.1, 0.15) is 11.9 Å². The van der Waals surface area contributed by atoms with Crippen LogP contribution in [-0.2, 0) is 4.79 Å². The highest BCUT2D eigenvalue weighted by Gasteiger charge is 2.30. The van der Waals surface area contributed by atoms with E-state index < -0.39 is 11.9 Å². The molecule has 1 aliphatic rings. The van der Waals surface area contributed by atoms with Gasteiger partial charge in [-0.05, 0) is 48.2 Å². The van der Waals surface area contributed by atoms with Gasteiger partial charge in [-0.1, -0.05) is 38.1 Å². The van der Waals surface area contributed by atoms with Crippen molar-refractivity contribution < 1.29 is 14.0 Å². The van der Waals surface area contributed by atoms with Crippen LogP contribution in [-0.4, -0.2) is 40.8 Å². The molecule has 0 bridgehead atoms. The van der Waals surface area contributed by atoms with Gasteiger partial charge in [-0.25, -0.2) is 4.39 Å². The molecule has 2 amide bonds. The number of nitrogens with one attached hydrogen (secondary N) is 2. The fourth-order valence-electron chi connectivity index (χ4n) is 3.99. The molecule has 2 heterocycles. The molecule has 0 unspecified atom stereocenters. The van der Waals surface area contributed by atoms with Crippen LogP contribution in [0.3, 0.4) is 0 Å². The van der Waals surface area contributed by atoms with E-state index in [-0.39, 0.29) is 17.7 Å². The molecule has 6 heteroatoms. The molecule has 0 aliphatic carbocycles. The number of para-hydroxylation sites is 1. The number of halogens is 1. The maximum atomic E-state index is 13.2. The zero-order valence-corrected chi connectivity index (χ0v) is 17.7. The number of carbonyl (C=O) groups excluding carboxylic acids is 2. The molecule has 1 aliphatic heterocycles. The third kappa shape index (κ3) is 4.38. The lowest BCUT2D eigenvalue weighted by Gasteiger charge is -2.32. The molecule has 0 fully saturated rings. The lowest BCUT2D eigenvalue weighted by atomic mass is 9.97. The van der Waals surface area contributed by atoms with Gasteiger partial charge in [0.15, 0.2) is 0 Å². The van der Waals surface area contributed by atoms with Crippen LogP contribution in [0.4, 0.5) is 4.39 Å². The first-order valence-corrected chi connectivity index (χ1v) is 10.5. The lowest BCUT2D eigenvalue weighted by molar-refractivity contribution is -0.133. The van der Waals surface area contributed by atoms with Crippen molar-refractivity contribution in [2.24, 2.45) is 5.92 Å². The number of carbonyl (C=O) groups is 2. The predicted octanol–water partition coefficient (Wildman–Crippen LogP) is 4.38. The van der Waals surface area contributed by atoms with Crippen molar-refractivity contribution in [2.45, 2.75) is 26.3 Å². The molecule has 1 aromatic heterocycles. The van der Waals surface area contributed by atoms with Crippen molar-refractivity contribution >= 4 is 28.3 Å². The minimum absolute atomic E-state index is 0.0732. The van der Waals surface area contributed by atoms with Crippen LogP contribution in [0, 0.1) is 11.7 Å². The Hall–Kier alpha value is -3.41. The third-order valence-electron chi connectivity index (χ3n) is 5.78. The van der Waals surface area contributed by atoms with E-state index in [1.165, 1.54) is 40.8 Å². The molecule has 2 aromatic carbocycles. The number of fused-ring (bicyclic) bond motifs is 1. The molecular formula is C25H26FN3O2. The van der Waals surface area contributed by atoms with Crippen LogP contribution in [0.15, 0.2) is 60.8 Å². The van der Waals surface area contributed by atoms with Gasteiger partial charge in [0.25, 0.3) is 5.91 Å². The van der Waals surface area contributed by atoms with Crippen LogP contribution in [0.1, 0.15) is 36.2 Å². The second-order valence-corrected chi connectivity index (χ2v) is 8.21. The number of nitrogens with zero attached hydrogens (tertiary/aromatic N) is 1. The summed E-state index contributed by atoms with van der Waals surface area (Å²) < 4.78 is 13.1. The van der Waals surface area contributed by atoms with E-state index in [9.17, 15) is 14.0 Å². The second kappa shape index (κ2) is 8.76. The van der Waals surface area contributed by atoms with Gasteiger partial charge in [0.05, 0.1) is 0 Å². The summed E-state index contributed by atoms with van der Waals surface area (Å²) in [5.74, 6) is -0.950. The Kier molecular flexibility index (Phi) is 5.89. The Labute approximate surface area is 180 Å². The summed E-state index contributed by atoms with van der Waals surface area (Å²) in [7, 11) is 0. The summed E-state index contributed by atoms with van der Waals surface area (Å²) in [6.45, 7) is 4.92. The minimum Gasteiger partial charge on any atom is -0.361 e. The molecule has 0 spiro atoms. The Bertz CT molecular complexity index is 1130. The lowest BCUT2D eigenvalue weighted by Crippen LogP contribution is -2.52. The molecule has 0 saturated heterocycles. The highest BCUT2D eigenvalue weighted by molar-refractivity contribution is 5.98. The first kappa shape index (κ1) is 20.8. The van der Waals surface area contributed by atoms with Crippen molar-refractivity contribution in [2.75, 3.05) is 13.1 Å². The van der Waals surface area contributed by atoms with Gasteiger partial charge in [-0.3, -0.25) is 9.59 Å². The summed E-state index contributed by atoms with van der Waals surface area (Å²) in [5.41, 5.74) is 3.82. The Morgan fingerprint density at radius 1 is 1.10 bits per heavy atom. The first-order valence-electron chi connectivity index (χ1n) is 10.5. The fourth-order valence-corrected chi connectivity index (χ4v) is 3.99. The smallest absolute Gasteiger partial charge is 0.251 e. The van der Waals surface area contributed by atoms with Gasteiger partial charge >= 0.3 is 0 Å². The summed E-state index contributed by atoms with van der Waals surface area (Å²) in [5, 5.41) is 4.01. The molecule has 0 radical (unpaired) electrons. The molecule has 160 valence electrons. The number of rotatable bonds is 5. The number of amides is 2. The van der Waals surface area contributed by atoms with Crippen molar-refractivity contribution in [3.05, 3.63) is 77.7 Å². The van der Waals surface area contributed by atoms with Gasteiger partial charge in [-0.15, -0.1) is 0 Å². The normalized spacial score (nSPS) is 15.1. The van der Waals surface area contributed by atoms with Crippen LogP contribution in [0.5, 0.6) is 0 Å². The minimum atomic E-state index is -0.638. The molecule has 1 atom stereocenters. The van der Waals surface area contributed by atoms with Crippen molar-refractivity contribution in [1.82, 2.24) is 15.2 Å². The number of hydrogen-bond acceptors (Lipinski definition) is 2. The number of hydrogen-bond donors (Lipinski definition) is 2. The first-order chi connectivity index (χ1) is 14.9. The van der Waals surface area contributed by atoms with E-state index >= 15 is 0 Å².